The molecule has 0 bridgehead atoms. The van der Waals surface area contributed by atoms with Gasteiger partial charge in [-0.15, -0.1) is 12.4 Å². The van der Waals surface area contributed by atoms with Gasteiger partial charge in [0.15, 0.2) is 0 Å². The summed E-state index contributed by atoms with van der Waals surface area (Å²) in [7, 11) is 1.33. The van der Waals surface area contributed by atoms with Crippen molar-refractivity contribution in [2.75, 3.05) is 7.11 Å². The number of rotatable bonds is 7. The van der Waals surface area contributed by atoms with E-state index in [-0.39, 0.29) is 30.3 Å². The number of halogens is 1. The van der Waals surface area contributed by atoms with Crippen LogP contribution in [-0.2, 0) is 14.3 Å². The van der Waals surface area contributed by atoms with E-state index in [0.717, 1.165) is 6.42 Å². The van der Waals surface area contributed by atoms with Gasteiger partial charge in [-0.1, -0.05) is 20.3 Å². The molecule has 0 saturated heterocycles. The van der Waals surface area contributed by atoms with Gasteiger partial charge in [-0.05, 0) is 19.3 Å². The molecule has 0 aliphatic carbocycles. The second kappa shape index (κ2) is 10.1. The molecular formula is C12H25ClN2O3. The third-order valence-corrected chi connectivity index (χ3v) is 2.81. The first-order valence-corrected chi connectivity index (χ1v) is 6.05. The molecule has 0 rings (SSSR count). The van der Waals surface area contributed by atoms with E-state index in [0.29, 0.717) is 12.8 Å². The lowest BCUT2D eigenvalue weighted by Gasteiger charge is -2.22. The van der Waals surface area contributed by atoms with Gasteiger partial charge in [0.1, 0.15) is 6.04 Å². The normalized spacial score (nSPS) is 14.9. The highest BCUT2D eigenvalue weighted by Crippen LogP contribution is 2.09. The zero-order valence-corrected chi connectivity index (χ0v) is 12.4. The van der Waals surface area contributed by atoms with Crippen molar-refractivity contribution in [2.24, 2.45) is 11.7 Å². The number of amides is 1. The second-order valence-corrected chi connectivity index (χ2v) is 4.47. The molecule has 0 radical (unpaired) electrons. The highest BCUT2D eigenvalue weighted by molar-refractivity contribution is 5.85. The predicted octanol–water partition coefficient (Wildman–Crippen LogP) is 1.24. The number of esters is 1. The van der Waals surface area contributed by atoms with E-state index in [9.17, 15) is 9.59 Å². The minimum atomic E-state index is -0.564. The Morgan fingerprint density at radius 2 is 1.89 bits per heavy atom. The second-order valence-electron chi connectivity index (χ2n) is 4.47. The quantitative estimate of drug-likeness (QED) is 0.688. The van der Waals surface area contributed by atoms with E-state index in [1.54, 1.807) is 0 Å². The van der Waals surface area contributed by atoms with Crippen LogP contribution in [0.2, 0.25) is 0 Å². The molecule has 0 fully saturated rings. The molecule has 18 heavy (non-hydrogen) atoms. The molecule has 0 aromatic carbocycles. The largest absolute Gasteiger partial charge is 0.467 e. The van der Waals surface area contributed by atoms with Crippen LogP contribution in [0.15, 0.2) is 0 Å². The number of hydrogen-bond acceptors (Lipinski definition) is 4. The van der Waals surface area contributed by atoms with Crippen molar-refractivity contribution in [3.05, 3.63) is 0 Å². The molecular weight excluding hydrogens is 256 g/mol. The van der Waals surface area contributed by atoms with E-state index in [1.165, 1.54) is 7.11 Å². The van der Waals surface area contributed by atoms with Crippen molar-refractivity contribution in [1.29, 1.82) is 0 Å². The summed E-state index contributed by atoms with van der Waals surface area (Å²) in [5.41, 5.74) is 5.57. The topological polar surface area (TPSA) is 81.4 Å². The molecule has 1 amide bonds. The first-order valence-electron chi connectivity index (χ1n) is 6.05. The first kappa shape index (κ1) is 19.5. The first-order chi connectivity index (χ1) is 7.92. The predicted molar refractivity (Wildman–Crippen MR) is 73.5 cm³/mol. The van der Waals surface area contributed by atoms with Crippen LogP contribution in [0.4, 0.5) is 0 Å². The van der Waals surface area contributed by atoms with Crippen LogP contribution in [0.5, 0.6) is 0 Å². The van der Waals surface area contributed by atoms with Gasteiger partial charge in [0.05, 0.1) is 7.11 Å². The molecule has 0 aliphatic rings. The molecule has 3 atom stereocenters. The smallest absolute Gasteiger partial charge is 0.328 e. The molecule has 0 aromatic rings. The lowest BCUT2D eigenvalue weighted by molar-refractivity contribution is -0.146. The number of hydrogen-bond donors (Lipinski definition) is 2. The van der Waals surface area contributed by atoms with Gasteiger partial charge < -0.3 is 15.8 Å². The maximum absolute atomic E-state index is 11.6. The minimum Gasteiger partial charge on any atom is -0.467 e. The standard InChI is InChI=1S/C12H24N2O3.ClH/c1-5-8(2)11(12(16)17-4)14-10(15)7-6-9(3)13;/h8-9,11H,5-7,13H2,1-4H3,(H,14,15);1H/t8-,9?,11-;/m0./s1. The van der Waals surface area contributed by atoms with Crippen LogP contribution in [0.25, 0.3) is 0 Å². The van der Waals surface area contributed by atoms with Crippen LogP contribution in [0.3, 0.4) is 0 Å². The third kappa shape index (κ3) is 7.50. The number of nitrogens with one attached hydrogen (secondary N) is 1. The van der Waals surface area contributed by atoms with Crippen molar-refractivity contribution in [3.63, 3.8) is 0 Å². The summed E-state index contributed by atoms with van der Waals surface area (Å²) >= 11 is 0. The Hall–Kier alpha value is -0.810. The zero-order valence-electron chi connectivity index (χ0n) is 11.6. The molecule has 6 heteroatoms. The van der Waals surface area contributed by atoms with E-state index < -0.39 is 12.0 Å². The molecule has 0 aliphatic heterocycles. The summed E-state index contributed by atoms with van der Waals surface area (Å²) in [6, 6.07) is -0.577. The molecule has 3 N–H and O–H groups in total. The van der Waals surface area contributed by atoms with Crippen LogP contribution in [-0.4, -0.2) is 31.1 Å². The molecule has 0 spiro atoms. The van der Waals surface area contributed by atoms with Crippen LogP contribution < -0.4 is 11.1 Å². The maximum atomic E-state index is 11.6. The van der Waals surface area contributed by atoms with E-state index in [4.69, 9.17) is 5.73 Å². The SMILES string of the molecule is CC[C@H](C)[C@H](NC(=O)CCC(C)N)C(=O)OC.Cl. The van der Waals surface area contributed by atoms with Crippen molar-refractivity contribution >= 4 is 24.3 Å². The molecule has 108 valence electrons. The molecule has 0 saturated carbocycles. The number of methoxy groups -OCH3 is 1. The third-order valence-electron chi connectivity index (χ3n) is 2.81. The minimum absolute atomic E-state index is 0. The number of nitrogens with two attached hydrogens (primary N) is 1. The van der Waals surface area contributed by atoms with E-state index in [1.807, 2.05) is 20.8 Å². The van der Waals surface area contributed by atoms with Gasteiger partial charge in [0.25, 0.3) is 0 Å². The summed E-state index contributed by atoms with van der Waals surface area (Å²) in [6.07, 6.45) is 1.75. The lowest BCUT2D eigenvalue weighted by atomic mass is 9.99. The highest BCUT2D eigenvalue weighted by atomic mass is 35.5. The van der Waals surface area contributed by atoms with Crippen LogP contribution >= 0.6 is 12.4 Å². The van der Waals surface area contributed by atoms with Crippen molar-refractivity contribution in [2.45, 2.75) is 52.1 Å². The van der Waals surface area contributed by atoms with Gasteiger partial charge in [0.2, 0.25) is 5.91 Å². The lowest BCUT2D eigenvalue weighted by Crippen LogP contribution is -2.45. The molecule has 0 aromatic heterocycles. The molecule has 5 nitrogen and oxygen atoms in total. The number of carbonyl (C=O) groups is 2. The van der Waals surface area contributed by atoms with Gasteiger partial charge >= 0.3 is 5.97 Å². The number of carbonyl (C=O) groups excluding carboxylic acids is 2. The summed E-state index contributed by atoms with van der Waals surface area (Å²) in [6.45, 7) is 5.72. The van der Waals surface area contributed by atoms with E-state index in [2.05, 4.69) is 10.1 Å². The van der Waals surface area contributed by atoms with Crippen molar-refractivity contribution in [3.8, 4) is 0 Å². The maximum Gasteiger partial charge on any atom is 0.328 e. The Labute approximate surface area is 115 Å². The zero-order chi connectivity index (χ0) is 13.4. The van der Waals surface area contributed by atoms with Gasteiger partial charge in [-0.25, -0.2) is 4.79 Å². The fourth-order valence-corrected chi connectivity index (χ4v) is 1.40. The molecule has 1 unspecified atom stereocenters. The average molecular weight is 281 g/mol. The summed E-state index contributed by atoms with van der Waals surface area (Å²) < 4.78 is 4.68. The Morgan fingerprint density at radius 1 is 1.33 bits per heavy atom. The Bertz CT molecular complexity index is 260. The number of ether oxygens (including phenoxy) is 1. The van der Waals surface area contributed by atoms with E-state index >= 15 is 0 Å². The highest BCUT2D eigenvalue weighted by Gasteiger charge is 2.26. The van der Waals surface area contributed by atoms with Gasteiger partial charge in [0, 0.05) is 12.5 Å². The Morgan fingerprint density at radius 3 is 2.28 bits per heavy atom. The Kier molecular flexibility index (Phi) is 11.0. The van der Waals surface area contributed by atoms with Crippen molar-refractivity contribution < 1.29 is 14.3 Å². The fraction of sp³-hybridized carbons (Fsp3) is 0.833. The van der Waals surface area contributed by atoms with Crippen LogP contribution in [0.1, 0.15) is 40.0 Å². The van der Waals surface area contributed by atoms with Crippen LogP contribution in [0, 0.1) is 5.92 Å². The fourth-order valence-electron chi connectivity index (χ4n) is 1.40. The average Bonchev–Trinajstić information content (AvgIpc) is 2.31. The Balaban J connectivity index is 0. The van der Waals surface area contributed by atoms with Crippen molar-refractivity contribution in [1.82, 2.24) is 5.32 Å². The molecule has 0 heterocycles. The monoisotopic (exact) mass is 280 g/mol. The summed E-state index contributed by atoms with van der Waals surface area (Å²) in [4.78, 5) is 23.1. The van der Waals surface area contributed by atoms with Gasteiger partial charge in [-0.2, -0.15) is 0 Å². The summed E-state index contributed by atoms with van der Waals surface area (Å²) in [5.74, 6) is -0.492. The summed E-state index contributed by atoms with van der Waals surface area (Å²) in [5, 5.41) is 2.70. The van der Waals surface area contributed by atoms with Gasteiger partial charge in [-0.3, -0.25) is 4.79 Å².